The second-order valence-corrected chi connectivity index (χ2v) is 4.93. The molecule has 0 saturated heterocycles. The van der Waals surface area contributed by atoms with Crippen molar-refractivity contribution in [1.82, 2.24) is 5.32 Å². The number of nitrogens with two attached hydrogens (primary N) is 1. The van der Waals surface area contributed by atoms with E-state index in [2.05, 4.69) is 21.2 Å². The van der Waals surface area contributed by atoms with Crippen molar-refractivity contribution in [2.75, 3.05) is 0 Å². The molecule has 88 valence electrons. The number of halogens is 1. The highest BCUT2D eigenvalue weighted by Gasteiger charge is 2.16. The molecule has 0 aromatic heterocycles. The summed E-state index contributed by atoms with van der Waals surface area (Å²) in [6.07, 6.45) is 0. The van der Waals surface area contributed by atoms with Crippen molar-refractivity contribution >= 4 is 21.8 Å². The van der Waals surface area contributed by atoms with Gasteiger partial charge >= 0.3 is 0 Å². The molecule has 1 amide bonds. The van der Waals surface area contributed by atoms with E-state index in [1.54, 1.807) is 0 Å². The molecule has 3 N–H and O–H groups in total. The number of benzene rings is 1. The number of carbonyl (C=O) groups excluding carboxylic acids is 1. The Morgan fingerprint density at radius 2 is 2.06 bits per heavy atom. The maximum Gasteiger partial charge on any atom is 0.237 e. The third-order valence-corrected chi connectivity index (χ3v) is 3.21. The predicted molar refractivity (Wildman–Crippen MR) is 68.8 cm³/mol. The fourth-order valence-corrected chi connectivity index (χ4v) is 1.67. The van der Waals surface area contributed by atoms with Crippen molar-refractivity contribution in [1.29, 1.82) is 0 Å². The molecule has 0 bridgehead atoms. The number of hydrogen-bond donors (Lipinski definition) is 2. The topological polar surface area (TPSA) is 55.1 Å². The van der Waals surface area contributed by atoms with Crippen LogP contribution in [0.15, 0.2) is 28.7 Å². The van der Waals surface area contributed by atoms with Gasteiger partial charge in [-0.3, -0.25) is 4.79 Å². The van der Waals surface area contributed by atoms with Gasteiger partial charge in [0, 0.05) is 11.0 Å². The summed E-state index contributed by atoms with van der Waals surface area (Å²) in [4.78, 5) is 11.6. The minimum Gasteiger partial charge on any atom is -0.351 e. The lowest BCUT2D eigenvalue weighted by atomic mass is 10.0. The normalized spacial score (nSPS) is 12.6. The first-order valence-corrected chi connectivity index (χ1v) is 6.08. The number of nitrogens with one attached hydrogen (secondary N) is 1. The SMILES string of the molecule is CC(C)[C@@H](N)C(=O)NCc1ccccc1Br. The molecule has 0 unspecified atom stereocenters. The van der Waals surface area contributed by atoms with Crippen molar-refractivity contribution in [3.63, 3.8) is 0 Å². The predicted octanol–water partition coefficient (Wildman–Crippen LogP) is 2.05. The molecule has 1 rings (SSSR count). The molecule has 0 saturated carbocycles. The summed E-state index contributed by atoms with van der Waals surface area (Å²) in [5.41, 5.74) is 6.79. The Morgan fingerprint density at radius 3 is 2.62 bits per heavy atom. The lowest BCUT2D eigenvalue weighted by Crippen LogP contribution is -2.43. The third-order valence-electron chi connectivity index (χ3n) is 2.43. The lowest BCUT2D eigenvalue weighted by molar-refractivity contribution is -0.123. The van der Waals surface area contributed by atoms with Gasteiger partial charge in [-0.25, -0.2) is 0 Å². The van der Waals surface area contributed by atoms with Gasteiger partial charge in [0.2, 0.25) is 5.91 Å². The first-order valence-electron chi connectivity index (χ1n) is 5.29. The van der Waals surface area contributed by atoms with Gasteiger partial charge in [0.05, 0.1) is 6.04 Å². The fourth-order valence-electron chi connectivity index (χ4n) is 1.24. The van der Waals surface area contributed by atoms with Crippen LogP contribution >= 0.6 is 15.9 Å². The third kappa shape index (κ3) is 3.61. The van der Waals surface area contributed by atoms with Gasteiger partial charge in [-0.1, -0.05) is 48.0 Å². The zero-order valence-electron chi connectivity index (χ0n) is 9.53. The van der Waals surface area contributed by atoms with Gasteiger partial charge < -0.3 is 11.1 Å². The van der Waals surface area contributed by atoms with Gasteiger partial charge in [-0.05, 0) is 17.5 Å². The van der Waals surface area contributed by atoms with Gasteiger partial charge in [-0.2, -0.15) is 0 Å². The minimum atomic E-state index is -0.442. The Hall–Kier alpha value is -0.870. The lowest BCUT2D eigenvalue weighted by Gasteiger charge is -2.15. The Kier molecular flexibility index (Phi) is 4.96. The molecule has 4 heteroatoms. The Morgan fingerprint density at radius 1 is 1.44 bits per heavy atom. The van der Waals surface area contributed by atoms with E-state index in [9.17, 15) is 4.79 Å². The van der Waals surface area contributed by atoms with Gasteiger partial charge in [0.15, 0.2) is 0 Å². The first-order chi connectivity index (χ1) is 7.52. The van der Waals surface area contributed by atoms with Gasteiger partial charge in [0.1, 0.15) is 0 Å². The molecule has 0 radical (unpaired) electrons. The van der Waals surface area contributed by atoms with Crippen LogP contribution in [0.3, 0.4) is 0 Å². The highest BCUT2D eigenvalue weighted by atomic mass is 79.9. The zero-order valence-corrected chi connectivity index (χ0v) is 11.1. The summed E-state index contributed by atoms with van der Waals surface area (Å²) < 4.78 is 0.994. The number of rotatable bonds is 4. The quantitative estimate of drug-likeness (QED) is 0.889. The van der Waals surface area contributed by atoms with Crippen molar-refractivity contribution in [2.24, 2.45) is 11.7 Å². The summed E-state index contributed by atoms with van der Waals surface area (Å²) in [6, 6.07) is 7.35. The van der Waals surface area contributed by atoms with Gasteiger partial charge in [-0.15, -0.1) is 0 Å². The smallest absolute Gasteiger partial charge is 0.237 e. The van der Waals surface area contributed by atoms with E-state index >= 15 is 0 Å². The largest absolute Gasteiger partial charge is 0.351 e. The van der Waals surface area contributed by atoms with Crippen LogP contribution < -0.4 is 11.1 Å². The maximum atomic E-state index is 11.6. The van der Waals surface area contributed by atoms with E-state index in [1.807, 2.05) is 38.1 Å². The fraction of sp³-hybridized carbons (Fsp3) is 0.417. The molecule has 0 heterocycles. The van der Waals surface area contributed by atoms with Crippen molar-refractivity contribution in [3.05, 3.63) is 34.3 Å². The summed E-state index contributed by atoms with van der Waals surface area (Å²) in [5, 5.41) is 2.83. The number of amides is 1. The maximum absolute atomic E-state index is 11.6. The highest BCUT2D eigenvalue weighted by molar-refractivity contribution is 9.10. The Labute approximate surface area is 105 Å². The molecule has 1 aromatic carbocycles. The van der Waals surface area contributed by atoms with Crippen molar-refractivity contribution in [3.8, 4) is 0 Å². The van der Waals surface area contributed by atoms with Crippen LogP contribution in [0.4, 0.5) is 0 Å². The monoisotopic (exact) mass is 284 g/mol. The van der Waals surface area contributed by atoms with Crippen LogP contribution in [0.1, 0.15) is 19.4 Å². The van der Waals surface area contributed by atoms with E-state index in [0.29, 0.717) is 6.54 Å². The Bertz CT molecular complexity index is 366. The molecular formula is C12H17BrN2O. The minimum absolute atomic E-state index is 0.106. The summed E-state index contributed by atoms with van der Waals surface area (Å²) in [5.74, 6) is 0.0463. The molecular weight excluding hydrogens is 268 g/mol. The van der Waals surface area contributed by atoms with Crippen molar-refractivity contribution < 1.29 is 4.79 Å². The molecule has 1 atom stereocenters. The van der Waals surface area contributed by atoms with Crippen LogP contribution in [0.25, 0.3) is 0 Å². The highest BCUT2D eigenvalue weighted by Crippen LogP contribution is 2.15. The number of hydrogen-bond acceptors (Lipinski definition) is 2. The molecule has 0 fully saturated rings. The molecule has 0 spiro atoms. The van der Waals surface area contributed by atoms with E-state index in [4.69, 9.17) is 5.73 Å². The molecule has 0 aliphatic rings. The number of carbonyl (C=O) groups is 1. The average molecular weight is 285 g/mol. The Balaban J connectivity index is 2.52. The second kappa shape index (κ2) is 6.01. The van der Waals surface area contributed by atoms with E-state index in [-0.39, 0.29) is 11.8 Å². The van der Waals surface area contributed by atoms with Crippen LogP contribution in [-0.2, 0) is 11.3 Å². The first kappa shape index (κ1) is 13.2. The van der Waals surface area contributed by atoms with Crippen LogP contribution in [0.5, 0.6) is 0 Å². The summed E-state index contributed by atoms with van der Waals surface area (Å²) in [6.45, 7) is 4.37. The summed E-state index contributed by atoms with van der Waals surface area (Å²) in [7, 11) is 0. The van der Waals surface area contributed by atoms with E-state index in [0.717, 1.165) is 10.0 Å². The molecule has 3 nitrogen and oxygen atoms in total. The van der Waals surface area contributed by atoms with E-state index < -0.39 is 6.04 Å². The van der Waals surface area contributed by atoms with Crippen LogP contribution in [0, 0.1) is 5.92 Å². The second-order valence-electron chi connectivity index (χ2n) is 4.08. The molecule has 0 aliphatic heterocycles. The molecule has 16 heavy (non-hydrogen) atoms. The van der Waals surface area contributed by atoms with Crippen molar-refractivity contribution in [2.45, 2.75) is 26.4 Å². The zero-order chi connectivity index (χ0) is 12.1. The summed E-state index contributed by atoms with van der Waals surface area (Å²) >= 11 is 3.43. The molecule has 1 aromatic rings. The average Bonchev–Trinajstić information content (AvgIpc) is 2.26. The van der Waals surface area contributed by atoms with Crippen LogP contribution in [-0.4, -0.2) is 11.9 Å². The van der Waals surface area contributed by atoms with E-state index in [1.165, 1.54) is 0 Å². The van der Waals surface area contributed by atoms with Gasteiger partial charge in [0.25, 0.3) is 0 Å². The standard InChI is InChI=1S/C12H17BrN2O/c1-8(2)11(14)12(16)15-7-9-5-3-4-6-10(9)13/h3-6,8,11H,7,14H2,1-2H3,(H,15,16)/t11-/m1/s1. The van der Waals surface area contributed by atoms with Crippen LogP contribution in [0.2, 0.25) is 0 Å². The molecule has 0 aliphatic carbocycles.